The molecule has 1 aromatic rings. The lowest BCUT2D eigenvalue weighted by Crippen LogP contribution is -2.02. The van der Waals surface area contributed by atoms with Crippen LogP contribution in [0.25, 0.3) is 0 Å². The molecule has 0 amide bonds. The molecule has 1 aromatic carbocycles. The lowest BCUT2D eigenvalue weighted by molar-refractivity contribution is 1.04. The van der Waals surface area contributed by atoms with Gasteiger partial charge in [0, 0.05) is 11.4 Å². The van der Waals surface area contributed by atoms with E-state index in [0.29, 0.717) is 0 Å². The van der Waals surface area contributed by atoms with Crippen LogP contribution in [-0.2, 0) is 12.8 Å². The smallest absolute Gasteiger partial charge is 0.0350 e. The van der Waals surface area contributed by atoms with Gasteiger partial charge in [0.1, 0.15) is 0 Å². The molecule has 2 nitrogen and oxygen atoms in total. The molecule has 0 saturated heterocycles. The first-order valence-corrected chi connectivity index (χ1v) is 4.36. The van der Waals surface area contributed by atoms with E-state index in [1.54, 1.807) is 0 Å². The van der Waals surface area contributed by atoms with E-state index in [4.69, 9.17) is 11.5 Å². The second kappa shape index (κ2) is 6.80. The van der Waals surface area contributed by atoms with E-state index in [2.05, 4.69) is 13.8 Å². The van der Waals surface area contributed by atoms with Gasteiger partial charge < -0.3 is 11.5 Å². The van der Waals surface area contributed by atoms with E-state index in [-0.39, 0.29) is 24.8 Å². The molecule has 0 aliphatic rings. The van der Waals surface area contributed by atoms with Crippen LogP contribution in [0.1, 0.15) is 25.0 Å². The summed E-state index contributed by atoms with van der Waals surface area (Å²) < 4.78 is 0. The molecule has 0 aromatic heterocycles. The molecular weight excluding hydrogens is 219 g/mol. The fourth-order valence-corrected chi connectivity index (χ4v) is 1.56. The number of hydrogen-bond acceptors (Lipinski definition) is 2. The summed E-state index contributed by atoms with van der Waals surface area (Å²) in [6, 6.07) is 3.76. The van der Waals surface area contributed by atoms with Gasteiger partial charge in [-0.25, -0.2) is 0 Å². The van der Waals surface area contributed by atoms with Crippen LogP contribution in [0, 0.1) is 0 Å². The van der Waals surface area contributed by atoms with Crippen LogP contribution >= 0.6 is 24.8 Å². The van der Waals surface area contributed by atoms with E-state index in [9.17, 15) is 0 Å². The Morgan fingerprint density at radius 3 is 1.36 bits per heavy atom. The van der Waals surface area contributed by atoms with Gasteiger partial charge in [-0.15, -0.1) is 24.8 Å². The summed E-state index contributed by atoms with van der Waals surface area (Å²) in [7, 11) is 0. The monoisotopic (exact) mass is 236 g/mol. The molecule has 82 valence electrons. The molecule has 1 rings (SSSR count). The zero-order valence-electron chi connectivity index (χ0n) is 8.54. The molecule has 14 heavy (non-hydrogen) atoms. The molecule has 0 bridgehead atoms. The molecule has 4 N–H and O–H groups in total. The van der Waals surface area contributed by atoms with Crippen molar-refractivity contribution in [3.8, 4) is 0 Å². The number of anilines is 2. The summed E-state index contributed by atoms with van der Waals surface area (Å²) >= 11 is 0. The van der Waals surface area contributed by atoms with E-state index in [1.807, 2.05) is 12.1 Å². The van der Waals surface area contributed by atoms with E-state index in [1.165, 1.54) is 11.1 Å². The number of benzene rings is 1. The Hall–Kier alpha value is -0.600. The minimum atomic E-state index is 0. The minimum absolute atomic E-state index is 0. The number of nitrogens with two attached hydrogens (primary N) is 2. The van der Waals surface area contributed by atoms with E-state index in [0.717, 1.165) is 24.2 Å². The second-order valence-electron chi connectivity index (χ2n) is 2.91. The van der Waals surface area contributed by atoms with Crippen molar-refractivity contribution in [1.82, 2.24) is 0 Å². The first-order valence-electron chi connectivity index (χ1n) is 4.36. The Morgan fingerprint density at radius 2 is 1.14 bits per heavy atom. The molecule has 0 saturated carbocycles. The van der Waals surface area contributed by atoms with Crippen molar-refractivity contribution in [2.24, 2.45) is 0 Å². The zero-order chi connectivity index (χ0) is 9.14. The van der Waals surface area contributed by atoms with Gasteiger partial charge in [-0.2, -0.15) is 0 Å². The highest BCUT2D eigenvalue weighted by Crippen LogP contribution is 2.23. The predicted octanol–water partition coefficient (Wildman–Crippen LogP) is 2.82. The van der Waals surface area contributed by atoms with E-state index < -0.39 is 0 Å². The average molecular weight is 237 g/mol. The maximum absolute atomic E-state index is 5.82. The molecular formula is C10H18Cl2N2. The number of rotatable bonds is 2. The summed E-state index contributed by atoms with van der Waals surface area (Å²) in [6.45, 7) is 4.20. The SMILES string of the molecule is CCc1c(N)ccc(N)c1CC.Cl.Cl. The largest absolute Gasteiger partial charge is 0.398 e. The molecule has 0 fully saturated rings. The maximum atomic E-state index is 5.82. The highest BCUT2D eigenvalue weighted by Gasteiger charge is 2.05. The van der Waals surface area contributed by atoms with Gasteiger partial charge in [0.05, 0.1) is 0 Å². The summed E-state index contributed by atoms with van der Waals surface area (Å²) in [5, 5.41) is 0. The average Bonchev–Trinajstić information content (AvgIpc) is 2.08. The van der Waals surface area contributed by atoms with Crippen LogP contribution in [0.2, 0.25) is 0 Å². The first-order chi connectivity index (χ1) is 5.70. The van der Waals surface area contributed by atoms with Crippen molar-refractivity contribution < 1.29 is 0 Å². The van der Waals surface area contributed by atoms with Gasteiger partial charge in [0.25, 0.3) is 0 Å². The Labute approximate surface area is 97.9 Å². The van der Waals surface area contributed by atoms with Gasteiger partial charge in [0.2, 0.25) is 0 Å². The molecule has 0 aliphatic carbocycles. The highest BCUT2D eigenvalue weighted by molar-refractivity contribution is 5.85. The third kappa shape index (κ3) is 2.96. The standard InChI is InChI=1S/C10H16N2.2ClH/c1-3-7-8(4-2)10(12)6-5-9(7)11;;/h5-6H,3-4,11-12H2,1-2H3;2*1H. The lowest BCUT2D eigenvalue weighted by Gasteiger charge is -2.11. The van der Waals surface area contributed by atoms with Crippen molar-refractivity contribution in [1.29, 1.82) is 0 Å². The molecule has 0 atom stereocenters. The van der Waals surface area contributed by atoms with Gasteiger partial charge in [-0.3, -0.25) is 0 Å². The molecule has 4 heteroatoms. The Balaban J connectivity index is 0. The Bertz CT molecular complexity index is 259. The highest BCUT2D eigenvalue weighted by atomic mass is 35.5. The van der Waals surface area contributed by atoms with E-state index >= 15 is 0 Å². The maximum Gasteiger partial charge on any atom is 0.0350 e. The third-order valence-corrected chi connectivity index (χ3v) is 2.21. The van der Waals surface area contributed by atoms with Crippen molar-refractivity contribution >= 4 is 36.2 Å². The van der Waals surface area contributed by atoms with Crippen molar-refractivity contribution in [3.05, 3.63) is 23.3 Å². The fourth-order valence-electron chi connectivity index (χ4n) is 1.56. The van der Waals surface area contributed by atoms with Crippen LogP contribution in [0.4, 0.5) is 11.4 Å². The number of halogens is 2. The zero-order valence-corrected chi connectivity index (χ0v) is 10.2. The second-order valence-corrected chi connectivity index (χ2v) is 2.91. The van der Waals surface area contributed by atoms with Crippen molar-refractivity contribution in [2.45, 2.75) is 26.7 Å². The van der Waals surface area contributed by atoms with Gasteiger partial charge >= 0.3 is 0 Å². The van der Waals surface area contributed by atoms with Gasteiger partial charge in [-0.05, 0) is 36.1 Å². The third-order valence-electron chi connectivity index (χ3n) is 2.21. The van der Waals surface area contributed by atoms with Crippen LogP contribution in [0.5, 0.6) is 0 Å². The fraction of sp³-hybridized carbons (Fsp3) is 0.400. The summed E-state index contributed by atoms with van der Waals surface area (Å²) in [5.74, 6) is 0. The Kier molecular flexibility index (Phi) is 7.69. The minimum Gasteiger partial charge on any atom is -0.398 e. The first kappa shape index (κ1) is 15.9. The quantitative estimate of drug-likeness (QED) is 0.777. The molecule has 0 radical (unpaired) electrons. The number of nitrogen functional groups attached to an aromatic ring is 2. The normalized spacial score (nSPS) is 8.71. The predicted molar refractivity (Wildman–Crippen MR) is 68.5 cm³/mol. The molecule has 0 aliphatic heterocycles. The topological polar surface area (TPSA) is 52.0 Å². The molecule has 0 spiro atoms. The molecule has 0 unspecified atom stereocenters. The van der Waals surface area contributed by atoms with Crippen LogP contribution in [0.15, 0.2) is 12.1 Å². The Morgan fingerprint density at radius 1 is 0.857 bits per heavy atom. The molecule has 0 heterocycles. The van der Waals surface area contributed by atoms with Crippen LogP contribution < -0.4 is 11.5 Å². The van der Waals surface area contributed by atoms with Crippen LogP contribution in [0.3, 0.4) is 0 Å². The van der Waals surface area contributed by atoms with Gasteiger partial charge in [-0.1, -0.05) is 13.8 Å². The van der Waals surface area contributed by atoms with Crippen molar-refractivity contribution in [2.75, 3.05) is 11.5 Å². The summed E-state index contributed by atoms with van der Waals surface area (Å²) in [6.07, 6.45) is 1.92. The number of hydrogen-bond donors (Lipinski definition) is 2. The van der Waals surface area contributed by atoms with Crippen molar-refractivity contribution in [3.63, 3.8) is 0 Å². The lowest BCUT2D eigenvalue weighted by atomic mass is 9.99. The summed E-state index contributed by atoms with van der Waals surface area (Å²) in [4.78, 5) is 0. The summed E-state index contributed by atoms with van der Waals surface area (Å²) in [5.41, 5.74) is 15.8. The van der Waals surface area contributed by atoms with Crippen LogP contribution in [-0.4, -0.2) is 0 Å². The van der Waals surface area contributed by atoms with Gasteiger partial charge in [0.15, 0.2) is 0 Å².